The Balaban J connectivity index is 3.27. The maximum Gasteiger partial charge on any atom is 0.245 e. The van der Waals surface area contributed by atoms with Gasteiger partial charge in [0.15, 0.2) is 0 Å². The van der Waals surface area contributed by atoms with Crippen LogP contribution in [0.4, 0.5) is 0 Å². The van der Waals surface area contributed by atoms with Crippen LogP contribution in [0, 0.1) is 0 Å². The quantitative estimate of drug-likeness (QED) is 0.0557. The van der Waals surface area contributed by atoms with Gasteiger partial charge in [0, 0.05) is 13.0 Å². The van der Waals surface area contributed by atoms with E-state index in [4.69, 9.17) is 0 Å². The van der Waals surface area contributed by atoms with Crippen LogP contribution < -0.4 is 0 Å². The highest BCUT2D eigenvalue weighted by atomic mass is 16.5. The van der Waals surface area contributed by atoms with Gasteiger partial charge >= 0.3 is 0 Å². The molecule has 0 radical (unpaired) electrons. The summed E-state index contributed by atoms with van der Waals surface area (Å²) in [5.74, 6) is -0.0793. The minimum atomic E-state index is -0.0793. The molecule has 0 aliphatic heterocycles. The van der Waals surface area contributed by atoms with E-state index in [1.54, 1.807) is 0 Å². The summed E-state index contributed by atoms with van der Waals surface area (Å²) in [7, 11) is 0. The summed E-state index contributed by atoms with van der Waals surface area (Å²) in [6.45, 7) is 5.07. The maximum absolute atomic E-state index is 12.1. The number of rotatable bonds is 31. The van der Waals surface area contributed by atoms with Crippen molar-refractivity contribution in [1.29, 1.82) is 0 Å². The molecule has 0 aromatic heterocycles. The van der Waals surface area contributed by atoms with E-state index in [2.05, 4.69) is 13.8 Å². The molecule has 0 heterocycles. The van der Waals surface area contributed by atoms with Crippen molar-refractivity contribution in [3.05, 3.63) is 0 Å². The van der Waals surface area contributed by atoms with Gasteiger partial charge in [-0.3, -0.25) is 10.0 Å². The molecule has 0 aliphatic carbocycles. The predicted molar refractivity (Wildman–Crippen MR) is 163 cm³/mol. The van der Waals surface area contributed by atoms with E-state index in [0.29, 0.717) is 13.0 Å². The van der Waals surface area contributed by atoms with Crippen molar-refractivity contribution >= 4 is 5.91 Å². The Morgan fingerprint density at radius 2 is 0.649 bits per heavy atom. The summed E-state index contributed by atoms with van der Waals surface area (Å²) in [5, 5.41) is 11.0. The Kier molecular flexibility index (Phi) is 31.2. The second-order valence-electron chi connectivity index (χ2n) is 11.8. The fourth-order valence-corrected chi connectivity index (χ4v) is 5.36. The standard InChI is InChI=1S/C34H69NO2/c1-3-5-7-9-11-13-15-17-19-20-22-24-26-28-30-32-34(36)35(37)33-31-29-27-25-23-21-18-16-14-12-10-8-6-4-2/h37H,3-33H2,1-2H3. The summed E-state index contributed by atoms with van der Waals surface area (Å²) in [4.78, 5) is 12.1. The second kappa shape index (κ2) is 31.6. The minimum Gasteiger partial charge on any atom is -0.286 e. The number of hydrogen-bond donors (Lipinski definition) is 1. The van der Waals surface area contributed by atoms with Crippen molar-refractivity contribution in [2.75, 3.05) is 6.54 Å². The van der Waals surface area contributed by atoms with Crippen LogP contribution in [-0.4, -0.2) is 22.7 Å². The van der Waals surface area contributed by atoms with Crippen LogP contribution in [0.3, 0.4) is 0 Å². The summed E-state index contributed by atoms with van der Waals surface area (Å²) < 4.78 is 0. The molecule has 0 saturated carbocycles. The third-order valence-corrected chi connectivity index (χ3v) is 8.01. The highest BCUT2D eigenvalue weighted by molar-refractivity contribution is 5.74. The van der Waals surface area contributed by atoms with Crippen LogP contribution in [0.1, 0.15) is 206 Å². The number of carbonyl (C=O) groups excluding carboxylic acids is 1. The minimum absolute atomic E-state index is 0.0793. The molecule has 0 rings (SSSR count). The molecule has 3 heteroatoms. The highest BCUT2D eigenvalue weighted by Gasteiger charge is 2.09. The number of hydrogen-bond acceptors (Lipinski definition) is 2. The van der Waals surface area contributed by atoms with E-state index in [0.717, 1.165) is 30.7 Å². The Morgan fingerprint density at radius 3 is 0.946 bits per heavy atom. The summed E-state index contributed by atoms with van der Waals surface area (Å²) in [5.41, 5.74) is 0. The van der Waals surface area contributed by atoms with E-state index in [-0.39, 0.29) is 5.91 Å². The van der Waals surface area contributed by atoms with E-state index in [1.807, 2.05) is 0 Å². The molecule has 0 atom stereocenters. The van der Waals surface area contributed by atoms with Crippen LogP contribution in [0.15, 0.2) is 0 Å². The number of nitrogens with zero attached hydrogens (tertiary/aromatic N) is 1. The first-order chi connectivity index (χ1) is 18.2. The lowest BCUT2D eigenvalue weighted by Crippen LogP contribution is -2.28. The molecular weight excluding hydrogens is 454 g/mol. The molecule has 0 fully saturated rings. The molecule has 0 unspecified atom stereocenters. The van der Waals surface area contributed by atoms with E-state index in [9.17, 15) is 10.0 Å². The van der Waals surface area contributed by atoms with Crippen molar-refractivity contribution in [3.63, 3.8) is 0 Å². The summed E-state index contributed by atoms with van der Waals surface area (Å²) >= 11 is 0. The van der Waals surface area contributed by atoms with Crippen molar-refractivity contribution < 1.29 is 10.0 Å². The third-order valence-electron chi connectivity index (χ3n) is 8.01. The molecule has 0 saturated heterocycles. The molecular formula is C34H69NO2. The van der Waals surface area contributed by atoms with Gasteiger partial charge in [0.25, 0.3) is 0 Å². The molecule has 0 aliphatic rings. The zero-order valence-electron chi connectivity index (χ0n) is 25.7. The van der Waals surface area contributed by atoms with Crippen LogP contribution in [0.5, 0.6) is 0 Å². The van der Waals surface area contributed by atoms with Gasteiger partial charge in [0.05, 0.1) is 0 Å². The first-order valence-corrected chi connectivity index (χ1v) is 17.2. The van der Waals surface area contributed by atoms with Gasteiger partial charge in [-0.05, 0) is 12.8 Å². The van der Waals surface area contributed by atoms with Crippen molar-refractivity contribution in [3.8, 4) is 0 Å². The number of carbonyl (C=O) groups is 1. The molecule has 1 amide bonds. The smallest absolute Gasteiger partial charge is 0.245 e. The average molecular weight is 524 g/mol. The normalized spacial score (nSPS) is 11.3. The lowest BCUT2D eigenvalue weighted by atomic mass is 10.0. The molecule has 0 aromatic carbocycles. The van der Waals surface area contributed by atoms with Gasteiger partial charge in [-0.25, -0.2) is 5.06 Å². The lowest BCUT2D eigenvalue weighted by molar-refractivity contribution is -0.165. The van der Waals surface area contributed by atoms with Crippen molar-refractivity contribution in [2.24, 2.45) is 0 Å². The van der Waals surface area contributed by atoms with Crippen molar-refractivity contribution in [1.82, 2.24) is 5.06 Å². The van der Waals surface area contributed by atoms with Crippen LogP contribution in [0.2, 0.25) is 0 Å². The number of unbranched alkanes of at least 4 members (excludes halogenated alkanes) is 27. The summed E-state index contributed by atoms with van der Waals surface area (Å²) in [6, 6.07) is 0. The Bertz CT molecular complexity index is 440. The molecule has 0 bridgehead atoms. The summed E-state index contributed by atoms with van der Waals surface area (Å²) in [6.07, 6.45) is 39.1. The predicted octanol–water partition coefficient (Wildman–Crippen LogP) is 11.9. The Morgan fingerprint density at radius 1 is 0.405 bits per heavy atom. The van der Waals surface area contributed by atoms with Gasteiger partial charge in [-0.15, -0.1) is 0 Å². The SMILES string of the molecule is CCCCCCCCCCCCCCCCCC(=O)N(O)CCCCCCCCCCCCCCCC. The van der Waals surface area contributed by atoms with Crippen LogP contribution in [-0.2, 0) is 4.79 Å². The van der Waals surface area contributed by atoms with Gasteiger partial charge < -0.3 is 0 Å². The Labute approximate surface area is 233 Å². The second-order valence-corrected chi connectivity index (χ2v) is 11.8. The van der Waals surface area contributed by atoms with E-state index < -0.39 is 0 Å². The first kappa shape index (κ1) is 36.4. The monoisotopic (exact) mass is 524 g/mol. The maximum atomic E-state index is 12.1. The van der Waals surface area contributed by atoms with Crippen LogP contribution >= 0.6 is 0 Å². The highest BCUT2D eigenvalue weighted by Crippen LogP contribution is 2.15. The number of amides is 1. The average Bonchev–Trinajstić information content (AvgIpc) is 2.90. The Hall–Kier alpha value is -0.570. The lowest BCUT2D eigenvalue weighted by Gasteiger charge is -2.14. The van der Waals surface area contributed by atoms with Crippen LogP contribution in [0.25, 0.3) is 0 Å². The van der Waals surface area contributed by atoms with Gasteiger partial charge in [-0.2, -0.15) is 0 Å². The van der Waals surface area contributed by atoms with Gasteiger partial charge in [0.1, 0.15) is 0 Å². The molecule has 3 nitrogen and oxygen atoms in total. The molecule has 222 valence electrons. The number of hydroxylamine groups is 2. The molecule has 0 spiro atoms. The largest absolute Gasteiger partial charge is 0.286 e. The van der Waals surface area contributed by atoms with Crippen molar-refractivity contribution in [2.45, 2.75) is 206 Å². The molecule has 0 aromatic rings. The topological polar surface area (TPSA) is 40.5 Å². The van der Waals surface area contributed by atoms with Gasteiger partial charge in [0.2, 0.25) is 5.91 Å². The third kappa shape index (κ3) is 29.8. The zero-order chi connectivity index (χ0) is 27.1. The zero-order valence-corrected chi connectivity index (χ0v) is 25.7. The molecule has 1 N–H and O–H groups in total. The first-order valence-electron chi connectivity index (χ1n) is 17.2. The van der Waals surface area contributed by atoms with Gasteiger partial charge in [-0.1, -0.05) is 187 Å². The van der Waals surface area contributed by atoms with E-state index in [1.165, 1.54) is 161 Å². The fraction of sp³-hybridized carbons (Fsp3) is 0.971. The fourth-order valence-electron chi connectivity index (χ4n) is 5.36. The molecule has 37 heavy (non-hydrogen) atoms. The van der Waals surface area contributed by atoms with E-state index >= 15 is 0 Å².